The van der Waals surface area contributed by atoms with Crippen LogP contribution in [0.4, 0.5) is 5.69 Å². The number of methoxy groups -OCH3 is 1. The number of aryl methyl sites for hydroxylation is 3. The van der Waals surface area contributed by atoms with Crippen molar-refractivity contribution in [2.45, 2.75) is 47.2 Å². The van der Waals surface area contributed by atoms with E-state index in [4.69, 9.17) is 9.73 Å². The molecular formula is C30H31N5O3S. The molecule has 0 radical (unpaired) electrons. The standard InChI is InChI=1S/C30H31N5O3S/c1-7-34-20(5)23(18(3)33-34)16-25-29(37)35-27(21-12-14-22(38-6)15-13-21)26(19(4)31-30(35)39-25)28(36)32-24-11-9-8-10-17(24)2/h8-16,27H,7H2,1-6H3,(H,32,36)/b25-16-/t27-/m0/s1. The molecule has 1 aliphatic heterocycles. The quantitative estimate of drug-likeness (QED) is 0.399. The SMILES string of the molecule is CCn1nc(C)c(/C=c2\sc3n(c2=O)[C@@H](c2ccc(OC)cc2)C(C(=O)Nc2ccccc2C)=C(C)N=3)c1C. The highest BCUT2D eigenvalue weighted by Crippen LogP contribution is 2.32. The van der Waals surface area contributed by atoms with E-state index < -0.39 is 6.04 Å². The second kappa shape index (κ2) is 10.5. The number of aromatic nitrogens is 3. The monoisotopic (exact) mass is 541 g/mol. The van der Waals surface area contributed by atoms with Crippen LogP contribution in [-0.4, -0.2) is 27.4 Å². The smallest absolute Gasteiger partial charge is 0.271 e. The van der Waals surface area contributed by atoms with E-state index in [9.17, 15) is 9.59 Å². The van der Waals surface area contributed by atoms with Gasteiger partial charge in [-0.3, -0.25) is 18.8 Å². The summed E-state index contributed by atoms with van der Waals surface area (Å²) in [5, 5.41) is 7.64. The lowest BCUT2D eigenvalue weighted by Crippen LogP contribution is -2.40. The Morgan fingerprint density at radius 3 is 2.46 bits per heavy atom. The molecule has 0 unspecified atom stereocenters. The molecule has 9 heteroatoms. The zero-order valence-electron chi connectivity index (χ0n) is 22.9. The van der Waals surface area contributed by atoms with Gasteiger partial charge in [0.15, 0.2) is 4.80 Å². The van der Waals surface area contributed by atoms with Crippen LogP contribution in [0.3, 0.4) is 0 Å². The molecule has 1 N–H and O–H groups in total. The van der Waals surface area contributed by atoms with Crippen molar-refractivity contribution in [3.05, 3.63) is 108 Å². The third kappa shape index (κ3) is 4.74. The Labute approximate surface area is 230 Å². The van der Waals surface area contributed by atoms with Crippen molar-refractivity contribution in [1.29, 1.82) is 0 Å². The van der Waals surface area contributed by atoms with Gasteiger partial charge in [0, 0.05) is 23.5 Å². The second-order valence-electron chi connectivity index (χ2n) is 9.52. The van der Waals surface area contributed by atoms with Crippen molar-refractivity contribution >= 4 is 29.0 Å². The molecule has 3 heterocycles. The number of rotatable bonds is 6. The van der Waals surface area contributed by atoms with E-state index in [0.29, 0.717) is 32.0 Å². The summed E-state index contributed by atoms with van der Waals surface area (Å²) in [6.45, 7) is 10.5. The lowest BCUT2D eigenvalue weighted by molar-refractivity contribution is -0.113. The molecule has 0 fully saturated rings. The van der Waals surface area contributed by atoms with Gasteiger partial charge < -0.3 is 10.1 Å². The van der Waals surface area contributed by atoms with Gasteiger partial charge in [0.25, 0.3) is 11.5 Å². The Morgan fingerprint density at radius 1 is 1.10 bits per heavy atom. The molecule has 0 saturated heterocycles. The summed E-state index contributed by atoms with van der Waals surface area (Å²) in [5.74, 6) is 0.396. The third-order valence-electron chi connectivity index (χ3n) is 7.10. The Hall–Kier alpha value is -4.24. The molecule has 1 amide bonds. The molecular weight excluding hydrogens is 510 g/mol. The van der Waals surface area contributed by atoms with Crippen LogP contribution >= 0.6 is 11.3 Å². The van der Waals surface area contributed by atoms with Gasteiger partial charge >= 0.3 is 0 Å². The second-order valence-corrected chi connectivity index (χ2v) is 10.5. The van der Waals surface area contributed by atoms with Gasteiger partial charge in [0.1, 0.15) is 5.75 Å². The minimum Gasteiger partial charge on any atom is -0.497 e. The summed E-state index contributed by atoms with van der Waals surface area (Å²) < 4.78 is 9.46. The number of fused-ring (bicyclic) bond motifs is 1. The maximum atomic E-state index is 14.0. The average molecular weight is 542 g/mol. The van der Waals surface area contributed by atoms with Crippen LogP contribution in [0.5, 0.6) is 5.75 Å². The molecule has 39 heavy (non-hydrogen) atoms. The maximum absolute atomic E-state index is 14.0. The van der Waals surface area contributed by atoms with Crippen LogP contribution in [0.25, 0.3) is 6.08 Å². The number of nitrogens with zero attached hydrogens (tertiary/aromatic N) is 4. The molecule has 0 saturated carbocycles. The fraction of sp³-hybridized carbons (Fsp3) is 0.267. The zero-order chi connectivity index (χ0) is 27.8. The van der Waals surface area contributed by atoms with Gasteiger partial charge in [0.05, 0.1) is 34.6 Å². The predicted octanol–water partition coefficient (Wildman–Crippen LogP) is 4.02. The van der Waals surface area contributed by atoms with Gasteiger partial charge in [-0.1, -0.05) is 41.7 Å². The molecule has 200 valence electrons. The molecule has 2 aromatic carbocycles. The largest absolute Gasteiger partial charge is 0.497 e. The van der Waals surface area contributed by atoms with Crippen LogP contribution in [-0.2, 0) is 11.3 Å². The van der Waals surface area contributed by atoms with Crippen LogP contribution in [0.15, 0.2) is 69.6 Å². The number of hydrogen-bond donors (Lipinski definition) is 1. The minimum absolute atomic E-state index is 0.198. The first-order chi connectivity index (χ1) is 18.7. The first kappa shape index (κ1) is 26.4. The average Bonchev–Trinajstić information content (AvgIpc) is 3.38. The van der Waals surface area contributed by atoms with Crippen molar-refractivity contribution in [2.75, 3.05) is 12.4 Å². The number of nitrogens with one attached hydrogen (secondary N) is 1. The fourth-order valence-corrected chi connectivity index (χ4v) is 6.00. The van der Waals surface area contributed by atoms with Gasteiger partial charge in [0.2, 0.25) is 0 Å². The topological polar surface area (TPSA) is 90.5 Å². The Bertz CT molecular complexity index is 1790. The summed E-state index contributed by atoms with van der Waals surface area (Å²) in [7, 11) is 1.61. The van der Waals surface area contributed by atoms with Crippen LogP contribution in [0.2, 0.25) is 0 Å². The van der Waals surface area contributed by atoms with E-state index in [1.165, 1.54) is 11.3 Å². The van der Waals surface area contributed by atoms with Gasteiger partial charge in [-0.2, -0.15) is 5.10 Å². The third-order valence-corrected chi connectivity index (χ3v) is 8.09. The Kier molecular flexibility index (Phi) is 7.10. The molecule has 0 aliphatic carbocycles. The van der Waals surface area contributed by atoms with E-state index in [1.807, 2.05) is 93.9 Å². The number of thiazole rings is 1. The van der Waals surface area contributed by atoms with Gasteiger partial charge in [-0.15, -0.1) is 0 Å². The van der Waals surface area contributed by atoms with E-state index >= 15 is 0 Å². The highest BCUT2D eigenvalue weighted by molar-refractivity contribution is 7.07. The summed E-state index contributed by atoms with van der Waals surface area (Å²) in [4.78, 5) is 33.1. The number of carbonyl (C=O) groups is 1. The number of carbonyl (C=O) groups excluding carboxylic acids is 1. The lowest BCUT2D eigenvalue weighted by atomic mass is 9.95. The number of amides is 1. The highest BCUT2D eigenvalue weighted by Gasteiger charge is 2.32. The molecule has 4 aromatic rings. The first-order valence-electron chi connectivity index (χ1n) is 12.8. The summed E-state index contributed by atoms with van der Waals surface area (Å²) in [6.07, 6.45) is 1.89. The Morgan fingerprint density at radius 2 is 1.82 bits per heavy atom. The number of anilines is 1. The number of ether oxygens (including phenoxy) is 1. The molecule has 5 rings (SSSR count). The molecule has 0 bridgehead atoms. The van der Waals surface area contributed by atoms with Crippen molar-refractivity contribution in [2.24, 2.45) is 4.99 Å². The predicted molar refractivity (Wildman–Crippen MR) is 154 cm³/mol. The molecule has 1 atom stereocenters. The summed E-state index contributed by atoms with van der Waals surface area (Å²) in [5.41, 5.74) is 6.04. The first-order valence-corrected chi connectivity index (χ1v) is 13.6. The number of para-hydroxylation sites is 1. The number of hydrogen-bond acceptors (Lipinski definition) is 6. The van der Waals surface area contributed by atoms with Gasteiger partial charge in [-0.25, -0.2) is 4.99 Å². The van der Waals surface area contributed by atoms with E-state index in [0.717, 1.165) is 34.6 Å². The van der Waals surface area contributed by atoms with Crippen LogP contribution in [0.1, 0.15) is 48.0 Å². The van der Waals surface area contributed by atoms with Crippen LogP contribution < -0.4 is 24.9 Å². The van der Waals surface area contributed by atoms with E-state index in [2.05, 4.69) is 10.4 Å². The van der Waals surface area contributed by atoms with Crippen LogP contribution in [0, 0.1) is 20.8 Å². The lowest BCUT2D eigenvalue weighted by Gasteiger charge is -2.25. The fourth-order valence-electron chi connectivity index (χ4n) is 4.97. The van der Waals surface area contributed by atoms with E-state index in [1.54, 1.807) is 11.7 Å². The zero-order valence-corrected chi connectivity index (χ0v) is 23.7. The summed E-state index contributed by atoms with van der Waals surface area (Å²) in [6, 6.07) is 14.4. The maximum Gasteiger partial charge on any atom is 0.271 e. The van der Waals surface area contributed by atoms with Gasteiger partial charge in [-0.05, 0) is 70.0 Å². The minimum atomic E-state index is -0.654. The summed E-state index contributed by atoms with van der Waals surface area (Å²) >= 11 is 1.32. The molecule has 8 nitrogen and oxygen atoms in total. The molecule has 2 aromatic heterocycles. The van der Waals surface area contributed by atoms with E-state index in [-0.39, 0.29) is 11.5 Å². The Balaban J connectivity index is 1.69. The number of benzene rings is 2. The molecule has 0 spiro atoms. The van der Waals surface area contributed by atoms with Crippen molar-refractivity contribution in [3.63, 3.8) is 0 Å². The van der Waals surface area contributed by atoms with Crippen molar-refractivity contribution in [3.8, 4) is 5.75 Å². The highest BCUT2D eigenvalue weighted by atomic mass is 32.1. The normalized spacial score (nSPS) is 15.2. The van der Waals surface area contributed by atoms with Crippen molar-refractivity contribution in [1.82, 2.24) is 14.3 Å². The molecule has 1 aliphatic rings. The van der Waals surface area contributed by atoms with Crippen molar-refractivity contribution < 1.29 is 9.53 Å². The number of allylic oxidation sites excluding steroid dienone is 1.